The van der Waals surface area contributed by atoms with Crippen LogP contribution < -0.4 is 0 Å². The lowest BCUT2D eigenvalue weighted by molar-refractivity contribution is 0.578. The molecule has 2 aromatic heterocycles. The lowest BCUT2D eigenvalue weighted by Gasteiger charge is -2.02. The lowest BCUT2D eigenvalue weighted by Crippen LogP contribution is -1.95. The summed E-state index contributed by atoms with van der Waals surface area (Å²) in [7, 11) is 0. The van der Waals surface area contributed by atoms with Crippen LogP contribution in [-0.4, -0.2) is 15.2 Å². The highest BCUT2D eigenvalue weighted by atomic mass is 35.5. The second-order valence-electron chi connectivity index (χ2n) is 2.74. The molecule has 0 saturated carbocycles. The van der Waals surface area contributed by atoms with E-state index in [4.69, 9.17) is 11.6 Å². The van der Waals surface area contributed by atoms with Crippen molar-refractivity contribution in [3.63, 3.8) is 0 Å². The van der Waals surface area contributed by atoms with Gasteiger partial charge in [-0.25, -0.2) is 8.78 Å². The Bertz CT molecular complexity index is 484. The first-order valence-corrected chi connectivity index (χ1v) is 4.34. The number of hydrogen-bond acceptors (Lipinski definition) is 3. The molecule has 0 radical (unpaired) electrons. The van der Waals surface area contributed by atoms with Crippen LogP contribution in [0.5, 0.6) is 0 Å². The summed E-state index contributed by atoms with van der Waals surface area (Å²) in [6.45, 7) is 0. The molecule has 76 valence electrons. The number of nitrogens with zero attached hydrogens (tertiary/aromatic N) is 3. The average molecular weight is 228 g/mol. The number of rotatable bonds is 1. The van der Waals surface area contributed by atoms with Crippen molar-refractivity contribution in [1.82, 2.24) is 15.2 Å². The number of aromatic nitrogens is 3. The lowest BCUT2D eigenvalue weighted by atomic mass is 10.2. The van der Waals surface area contributed by atoms with Gasteiger partial charge in [-0.1, -0.05) is 11.6 Å². The predicted octanol–water partition coefficient (Wildman–Crippen LogP) is 2.47. The zero-order chi connectivity index (χ0) is 10.8. The maximum Gasteiger partial charge on any atom is 0.153 e. The Balaban J connectivity index is 2.63. The van der Waals surface area contributed by atoms with Gasteiger partial charge in [0.1, 0.15) is 5.69 Å². The van der Waals surface area contributed by atoms with E-state index < -0.39 is 11.6 Å². The first-order valence-electron chi connectivity index (χ1n) is 3.96. The zero-order valence-electron chi connectivity index (χ0n) is 7.28. The first kappa shape index (κ1) is 9.92. The van der Waals surface area contributed by atoms with E-state index in [0.717, 1.165) is 12.4 Å². The van der Waals surface area contributed by atoms with E-state index in [1.54, 1.807) is 0 Å². The number of halogens is 3. The molecule has 2 heterocycles. The van der Waals surface area contributed by atoms with E-state index >= 15 is 0 Å². The molecule has 0 aromatic carbocycles. The summed E-state index contributed by atoms with van der Waals surface area (Å²) in [5.41, 5.74) is -0.236. The van der Waals surface area contributed by atoms with Crippen LogP contribution in [0.3, 0.4) is 0 Å². The molecule has 0 spiro atoms. The molecule has 0 aliphatic heterocycles. The summed E-state index contributed by atoms with van der Waals surface area (Å²) in [5.74, 6) is -1.60. The highest BCUT2D eigenvalue weighted by Gasteiger charge is 2.13. The van der Waals surface area contributed by atoms with Crippen LogP contribution in [0.4, 0.5) is 8.78 Å². The fourth-order valence-electron chi connectivity index (χ4n) is 1.12. The molecular formula is C9H4ClF2N3. The maximum atomic E-state index is 13.3. The summed E-state index contributed by atoms with van der Waals surface area (Å²) in [5, 5.41) is 7.36. The molecule has 0 fully saturated rings. The van der Waals surface area contributed by atoms with Crippen molar-refractivity contribution in [3.8, 4) is 11.3 Å². The highest BCUT2D eigenvalue weighted by Crippen LogP contribution is 2.24. The molecule has 0 aliphatic rings. The molecule has 2 aromatic rings. The van der Waals surface area contributed by atoms with Gasteiger partial charge in [0.2, 0.25) is 0 Å². The van der Waals surface area contributed by atoms with E-state index in [9.17, 15) is 8.78 Å². The third-order valence-corrected chi connectivity index (χ3v) is 1.94. The Labute approximate surface area is 88.8 Å². The van der Waals surface area contributed by atoms with Crippen LogP contribution in [-0.2, 0) is 0 Å². The van der Waals surface area contributed by atoms with Gasteiger partial charge in [0.25, 0.3) is 0 Å². The van der Waals surface area contributed by atoms with Crippen molar-refractivity contribution in [2.24, 2.45) is 0 Å². The van der Waals surface area contributed by atoms with Gasteiger partial charge >= 0.3 is 0 Å². The molecule has 0 bridgehead atoms. The summed E-state index contributed by atoms with van der Waals surface area (Å²) in [4.78, 5) is 3.36. The van der Waals surface area contributed by atoms with Crippen LogP contribution >= 0.6 is 11.6 Å². The van der Waals surface area contributed by atoms with Crippen LogP contribution in [0.15, 0.2) is 24.7 Å². The number of pyridine rings is 1. The maximum absolute atomic E-state index is 13.3. The molecule has 0 atom stereocenters. The largest absolute Gasteiger partial charge is 0.259 e. The van der Waals surface area contributed by atoms with E-state index in [1.165, 1.54) is 12.3 Å². The van der Waals surface area contributed by atoms with Crippen molar-refractivity contribution in [2.75, 3.05) is 0 Å². The van der Waals surface area contributed by atoms with Crippen molar-refractivity contribution in [2.45, 2.75) is 0 Å². The minimum Gasteiger partial charge on any atom is -0.259 e. The molecule has 6 heteroatoms. The molecular weight excluding hydrogens is 224 g/mol. The smallest absolute Gasteiger partial charge is 0.153 e. The fourth-order valence-corrected chi connectivity index (χ4v) is 1.27. The van der Waals surface area contributed by atoms with Crippen molar-refractivity contribution in [1.29, 1.82) is 0 Å². The number of hydrogen-bond donors (Lipinski definition) is 0. The van der Waals surface area contributed by atoms with Gasteiger partial charge in [-0.15, -0.1) is 0 Å². The third-order valence-electron chi connectivity index (χ3n) is 1.73. The van der Waals surface area contributed by atoms with Crippen LogP contribution in [0.1, 0.15) is 0 Å². The monoisotopic (exact) mass is 227 g/mol. The Morgan fingerprint density at radius 1 is 1.07 bits per heavy atom. The van der Waals surface area contributed by atoms with Gasteiger partial charge in [0, 0.05) is 0 Å². The minimum absolute atomic E-state index is 0.0416. The van der Waals surface area contributed by atoms with Gasteiger partial charge in [-0.3, -0.25) is 4.98 Å². The van der Waals surface area contributed by atoms with E-state index in [1.807, 2.05) is 0 Å². The molecule has 2 rings (SSSR count). The Morgan fingerprint density at radius 2 is 1.73 bits per heavy atom. The standard InChI is InChI=1S/C9H4ClF2N3/c10-5-1-8(15-14-2-5)9-6(11)3-13-4-7(9)12/h1-4H. The van der Waals surface area contributed by atoms with Crippen molar-refractivity contribution >= 4 is 11.6 Å². The minimum atomic E-state index is -0.799. The fraction of sp³-hybridized carbons (Fsp3) is 0. The predicted molar refractivity (Wildman–Crippen MR) is 50.2 cm³/mol. The molecule has 0 amide bonds. The van der Waals surface area contributed by atoms with E-state index in [-0.39, 0.29) is 16.3 Å². The molecule has 0 N–H and O–H groups in total. The molecule has 0 saturated heterocycles. The molecule has 15 heavy (non-hydrogen) atoms. The van der Waals surface area contributed by atoms with Crippen molar-refractivity contribution < 1.29 is 8.78 Å². The SMILES string of the molecule is Fc1cncc(F)c1-c1cc(Cl)cnn1. The first-order chi connectivity index (χ1) is 7.18. The Morgan fingerprint density at radius 3 is 2.33 bits per heavy atom. The van der Waals surface area contributed by atoms with Crippen LogP contribution in [0, 0.1) is 11.6 Å². The zero-order valence-corrected chi connectivity index (χ0v) is 8.04. The van der Waals surface area contributed by atoms with Gasteiger partial charge in [-0.2, -0.15) is 10.2 Å². The quantitative estimate of drug-likeness (QED) is 0.751. The summed E-state index contributed by atoms with van der Waals surface area (Å²) >= 11 is 5.64. The molecule has 0 aliphatic carbocycles. The van der Waals surface area contributed by atoms with Gasteiger partial charge in [0.05, 0.1) is 29.2 Å². The Kier molecular flexibility index (Phi) is 2.55. The normalized spacial score (nSPS) is 10.3. The van der Waals surface area contributed by atoms with Gasteiger partial charge < -0.3 is 0 Å². The summed E-state index contributed by atoms with van der Waals surface area (Å²) < 4.78 is 26.5. The van der Waals surface area contributed by atoms with Gasteiger partial charge in [0.15, 0.2) is 11.6 Å². The molecule has 0 unspecified atom stereocenters. The summed E-state index contributed by atoms with van der Waals surface area (Å²) in [6, 6.07) is 1.33. The van der Waals surface area contributed by atoms with Crippen LogP contribution in [0.25, 0.3) is 11.3 Å². The van der Waals surface area contributed by atoms with Crippen molar-refractivity contribution in [3.05, 3.63) is 41.3 Å². The highest BCUT2D eigenvalue weighted by molar-refractivity contribution is 6.30. The van der Waals surface area contributed by atoms with Crippen LogP contribution in [0.2, 0.25) is 5.02 Å². The van der Waals surface area contributed by atoms with E-state index in [2.05, 4.69) is 15.2 Å². The molecule has 3 nitrogen and oxygen atoms in total. The average Bonchev–Trinajstić information content (AvgIpc) is 2.17. The third kappa shape index (κ3) is 1.92. The second-order valence-corrected chi connectivity index (χ2v) is 3.17. The second kappa shape index (κ2) is 3.86. The van der Waals surface area contributed by atoms with E-state index in [0.29, 0.717) is 0 Å². The topological polar surface area (TPSA) is 38.7 Å². The van der Waals surface area contributed by atoms with Gasteiger partial charge in [-0.05, 0) is 6.07 Å². The summed E-state index contributed by atoms with van der Waals surface area (Å²) in [6.07, 6.45) is 3.09. The Hall–Kier alpha value is -1.62.